The zero-order valence-electron chi connectivity index (χ0n) is 11.7. The molecule has 1 heterocycles. The van der Waals surface area contributed by atoms with Gasteiger partial charge in [0.05, 0.1) is 0 Å². The fourth-order valence-electron chi connectivity index (χ4n) is 1.96. The SMILES string of the molecule is CC.Nc1ccc(NC(=O)N2CCCC(N)C2)cc1. The number of carbonyl (C=O) groups is 1. The zero-order valence-corrected chi connectivity index (χ0v) is 11.7. The Balaban J connectivity index is 0.000000861. The standard InChI is InChI=1S/C12H18N4O.C2H6/c13-9-3-5-11(6-4-9)15-12(17)16-7-1-2-10(14)8-16;1-2/h3-6,10H,1-2,7-8,13-14H2,(H,15,17);1-2H3. The summed E-state index contributed by atoms with van der Waals surface area (Å²) in [6.45, 7) is 5.40. The largest absolute Gasteiger partial charge is 0.399 e. The molecule has 5 nitrogen and oxygen atoms in total. The number of urea groups is 1. The fraction of sp³-hybridized carbons (Fsp3) is 0.500. The maximum absolute atomic E-state index is 11.9. The molecule has 2 rings (SSSR count). The molecular formula is C14H24N4O. The van der Waals surface area contributed by atoms with Crippen LogP contribution in [0.15, 0.2) is 24.3 Å². The number of rotatable bonds is 1. The summed E-state index contributed by atoms with van der Waals surface area (Å²) in [4.78, 5) is 13.7. The maximum atomic E-state index is 11.9. The Morgan fingerprint density at radius 2 is 1.95 bits per heavy atom. The summed E-state index contributed by atoms with van der Waals surface area (Å²) in [7, 11) is 0. The van der Waals surface area contributed by atoms with Crippen LogP contribution >= 0.6 is 0 Å². The number of piperidine rings is 1. The van der Waals surface area contributed by atoms with E-state index in [1.54, 1.807) is 29.2 Å². The number of nitrogen functional groups attached to an aromatic ring is 1. The number of hydrogen-bond acceptors (Lipinski definition) is 3. The molecule has 1 aliphatic heterocycles. The first-order valence-corrected chi connectivity index (χ1v) is 6.82. The van der Waals surface area contributed by atoms with Crippen LogP contribution in [0.25, 0.3) is 0 Å². The second kappa shape index (κ2) is 7.63. The number of amides is 2. The molecule has 0 saturated carbocycles. The van der Waals surface area contributed by atoms with Gasteiger partial charge in [0.15, 0.2) is 0 Å². The number of nitrogens with one attached hydrogen (secondary N) is 1. The maximum Gasteiger partial charge on any atom is 0.321 e. The Labute approximate surface area is 115 Å². The molecule has 1 saturated heterocycles. The summed E-state index contributed by atoms with van der Waals surface area (Å²) >= 11 is 0. The highest BCUT2D eigenvalue weighted by Crippen LogP contribution is 2.13. The molecule has 0 bridgehead atoms. The van der Waals surface area contributed by atoms with Crippen LogP contribution in [-0.2, 0) is 0 Å². The van der Waals surface area contributed by atoms with Crippen molar-refractivity contribution in [3.63, 3.8) is 0 Å². The van der Waals surface area contributed by atoms with Crippen molar-refractivity contribution in [1.29, 1.82) is 0 Å². The van der Waals surface area contributed by atoms with Crippen LogP contribution < -0.4 is 16.8 Å². The molecule has 1 aromatic carbocycles. The smallest absolute Gasteiger partial charge is 0.321 e. The Bertz CT molecular complexity index is 391. The van der Waals surface area contributed by atoms with Gasteiger partial charge in [-0.25, -0.2) is 4.79 Å². The molecule has 5 heteroatoms. The number of nitrogens with two attached hydrogens (primary N) is 2. The Morgan fingerprint density at radius 1 is 1.32 bits per heavy atom. The Kier molecular flexibility index (Phi) is 6.15. The minimum Gasteiger partial charge on any atom is -0.399 e. The van der Waals surface area contributed by atoms with Crippen molar-refractivity contribution in [2.75, 3.05) is 24.1 Å². The van der Waals surface area contributed by atoms with Gasteiger partial charge in [0.2, 0.25) is 0 Å². The van der Waals surface area contributed by atoms with Gasteiger partial charge in [-0.05, 0) is 37.1 Å². The lowest BCUT2D eigenvalue weighted by Gasteiger charge is -2.30. The first kappa shape index (κ1) is 15.3. The molecule has 19 heavy (non-hydrogen) atoms. The molecule has 1 fully saturated rings. The fourth-order valence-corrected chi connectivity index (χ4v) is 1.96. The molecule has 1 aliphatic rings. The highest BCUT2D eigenvalue weighted by atomic mass is 16.2. The molecule has 0 radical (unpaired) electrons. The van der Waals surface area contributed by atoms with E-state index in [9.17, 15) is 4.79 Å². The number of carbonyl (C=O) groups excluding carboxylic acids is 1. The third-order valence-corrected chi connectivity index (χ3v) is 2.91. The van der Waals surface area contributed by atoms with E-state index in [4.69, 9.17) is 11.5 Å². The topological polar surface area (TPSA) is 84.4 Å². The van der Waals surface area contributed by atoms with Crippen molar-refractivity contribution < 1.29 is 4.79 Å². The van der Waals surface area contributed by atoms with E-state index in [2.05, 4.69) is 5.32 Å². The van der Waals surface area contributed by atoms with Crippen LogP contribution in [0.3, 0.4) is 0 Å². The van der Waals surface area contributed by atoms with Gasteiger partial charge in [-0.3, -0.25) is 0 Å². The minimum absolute atomic E-state index is 0.0927. The number of likely N-dealkylation sites (tertiary alicyclic amines) is 1. The molecule has 1 unspecified atom stereocenters. The van der Waals surface area contributed by atoms with E-state index in [0.717, 1.165) is 25.1 Å². The number of nitrogens with zero attached hydrogens (tertiary/aromatic N) is 1. The summed E-state index contributed by atoms with van der Waals surface area (Å²) in [6.07, 6.45) is 1.96. The predicted octanol–water partition coefficient (Wildman–Crippen LogP) is 2.25. The average molecular weight is 264 g/mol. The molecule has 1 atom stereocenters. The Hall–Kier alpha value is -1.75. The van der Waals surface area contributed by atoms with Crippen molar-refractivity contribution in [1.82, 2.24) is 4.90 Å². The second-order valence-corrected chi connectivity index (χ2v) is 4.40. The van der Waals surface area contributed by atoms with Crippen molar-refractivity contribution in [3.8, 4) is 0 Å². The van der Waals surface area contributed by atoms with Crippen molar-refractivity contribution in [2.24, 2.45) is 5.73 Å². The highest BCUT2D eigenvalue weighted by Gasteiger charge is 2.20. The van der Waals surface area contributed by atoms with E-state index < -0.39 is 0 Å². The average Bonchev–Trinajstić information content (AvgIpc) is 2.43. The van der Waals surface area contributed by atoms with Crippen LogP contribution in [-0.4, -0.2) is 30.1 Å². The molecule has 0 aliphatic carbocycles. The lowest BCUT2D eigenvalue weighted by molar-refractivity contribution is 0.193. The predicted molar refractivity (Wildman–Crippen MR) is 80.0 cm³/mol. The highest BCUT2D eigenvalue weighted by molar-refractivity contribution is 5.89. The van der Waals surface area contributed by atoms with Gasteiger partial charge in [-0.15, -0.1) is 0 Å². The first-order valence-electron chi connectivity index (χ1n) is 6.82. The quantitative estimate of drug-likeness (QED) is 0.680. The van der Waals surface area contributed by atoms with Gasteiger partial charge in [0.25, 0.3) is 0 Å². The molecule has 0 spiro atoms. The number of anilines is 2. The van der Waals surface area contributed by atoms with Gasteiger partial charge >= 0.3 is 6.03 Å². The molecule has 1 aromatic rings. The molecule has 0 aromatic heterocycles. The van der Waals surface area contributed by atoms with Gasteiger partial charge in [-0.1, -0.05) is 13.8 Å². The lowest BCUT2D eigenvalue weighted by atomic mass is 10.1. The second-order valence-electron chi connectivity index (χ2n) is 4.40. The van der Waals surface area contributed by atoms with Gasteiger partial charge in [0, 0.05) is 30.5 Å². The minimum atomic E-state index is -0.0927. The normalized spacial score (nSPS) is 18.3. The molecule has 5 N–H and O–H groups in total. The monoisotopic (exact) mass is 264 g/mol. The van der Waals surface area contributed by atoms with Crippen molar-refractivity contribution >= 4 is 17.4 Å². The summed E-state index contributed by atoms with van der Waals surface area (Å²) < 4.78 is 0. The van der Waals surface area contributed by atoms with Crippen LogP contribution in [0.4, 0.5) is 16.2 Å². The van der Waals surface area contributed by atoms with Crippen molar-refractivity contribution in [3.05, 3.63) is 24.3 Å². The van der Waals surface area contributed by atoms with Crippen LogP contribution in [0.5, 0.6) is 0 Å². The summed E-state index contributed by atoms with van der Waals surface area (Å²) in [5.41, 5.74) is 12.9. The van der Waals surface area contributed by atoms with E-state index in [1.807, 2.05) is 13.8 Å². The van der Waals surface area contributed by atoms with Gasteiger partial charge in [-0.2, -0.15) is 0 Å². The zero-order chi connectivity index (χ0) is 14.3. The van der Waals surface area contributed by atoms with Gasteiger partial charge < -0.3 is 21.7 Å². The van der Waals surface area contributed by atoms with Gasteiger partial charge in [0.1, 0.15) is 0 Å². The van der Waals surface area contributed by atoms with Crippen LogP contribution in [0, 0.1) is 0 Å². The van der Waals surface area contributed by atoms with E-state index in [-0.39, 0.29) is 12.1 Å². The third kappa shape index (κ3) is 4.79. The van der Waals surface area contributed by atoms with Crippen LogP contribution in [0.2, 0.25) is 0 Å². The van der Waals surface area contributed by atoms with Crippen molar-refractivity contribution in [2.45, 2.75) is 32.7 Å². The Morgan fingerprint density at radius 3 is 2.53 bits per heavy atom. The number of hydrogen-bond donors (Lipinski definition) is 3. The van der Waals surface area contributed by atoms with E-state index in [1.165, 1.54) is 0 Å². The number of benzene rings is 1. The summed E-state index contributed by atoms with van der Waals surface area (Å²) in [5.74, 6) is 0. The molecular weight excluding hydrogens is 240 g/mol. The third-order valence-electron chi connectivity index (χ3n) is 2.91. The summed E-state index contributed by atoms with van der Waals surface area (Å²) in [6, 6.07) is 7.11. The molecule has 106 valence electrons. The van der Waals surface area contributed by atoms with Crippen LogP contribution in [0.1, 0.15) is 26.7 Å². The first-order chi connectivity index (χ1) is 9.15. The molecule has 2 amide bonds. The van der Waals surface area contributed by atoms with E-state index in [0.29, 0.717) is 12.2 Å². The lowest BCUT2D eigenvalue weighted by Crippen LogP contribution is -2.47. The van der Waals surface area contributed by atoms with E-state index >= 15 is 0 Å². The summed E-state index contributed by atoms with van der Waals surface area (Å²) in [5, 5.41) is 2.84.